The molecule has 9 nitrogen and oxygen atoms in total. The maximum atomic E-state index is 12.8. The summed E-state index contributed by atoms with van der Waals surface area (Å²) >= 11 is 0. The van der Waals surface area contributed by atoms with E-state index in [2.05, 4.69) is 135 Å². The standard InChI is InChI=1S/C73H126NO8P/c1-3-5-7-9-11-13-15-17-19-21-23-25-27-28-29-30-31-32-33-34-35-36-37-38-39-40-41-42-44-46-48-50-52-54-56-58-60-62-64-66-73(76)82-71(70-81-83(77,78)80-68-67-74)69-79-72(75)65-63-61-59-57-55-53-51-49-47-45-43-26-24-22-20-18-16-14-12-10-8-6-4-2/h5,7,11,13,16-19,22-25,28-29,31-32,34-35,37-38,71H,3-4,6,8-10,12,14-15,20-21,26-27,30,33,36,39-70,74H2,1-2H3,(H,77,78)/b7-5-,13-11-,18-16-,19-17-,24-22-,25-23-,29-28-,32-31-,35-34-,38-37-. The van der Waals surface area contributed by atoms with Crippen molar-refractivity contribution in [3.63, 3.8) is 0 Å². The van der Waals surface area contributed by atoms with Crippen molar-refractivity contribution in [3.05, 3.63) is 122 Å². The molecule has 0 aliphatic heterocycles. The molecule has 0 aromatic carbocycles. The zero-order valence-electron chi connectivity index (χ0n) is 53.4. The highest BCUT2D eigenvalue weighted by Crippen LogP contribution is 2.43. The van der Waals surface area contributed by atoms with E-state index in [-0.39, 0.29) is 38.6 Å². The minimum atomic E-state index is -4.40. The number of rotatable bonds is 63. The van der Waals surface area contributed by atoms with Gasteiger partial charge in [-0.25, -0.2) is 4.57 Å². The first kappa shape index (κ1) is 79.4. The molecule has 476 valence electrons. The van der Waals surface area contributed by atoms with Gasteiger partial charge in [0.1, 0.15) is 6.61 Å². The highest BCUT2D eigenvalue weighted by molar-refractivity contribution is 7.47. The first-order chi connectivity index (χ1) is 40.8. The van der Waals surface area contributed by atoms with Crippen molar-refractivity contribution < 1.29 is 37.6 Å². The molecule has 2 atom stereocenters. The van der Waals surface area contributed by atoms with Crippen LogP contribution in [0.3, 0.4) is 0 Å². The Morgan fingerprint density at radius 1 is 0.373 bits per heavy atom. The van der Waals surface area contributed by atoms with Crippen molar-refractivity contribution in [2.45, 2.75) is 302 Å². The third-order valence-corrected chi connectivity index (χ3v) is 15.3. The number of carbonyl (C=O) groups is 2. The molecule has 0 fully saturated rings. The molecular formula is C73H126NO8P. The summed E-state index contributed by atoms with van der Waals surface area (Å²) in [6, 6.07) is 0. The maximum absolute atomic E-state index is 12.8. The Bertz CT molecular complexity index is 1770. The predicted octanol–water partition coefficient (Wildman–Crippen LogP) is 22.3. The van der Waals surface area contributed by atoms with Crippen molar-refractivity contribution >= 4 is 19.8 Å². The summed E-state index contributed by atoms with van der Waals surface area (Å²) in [5.41, 5.74) is 5.40. The zero-order chi connectivity index (χ0) is 60.1. The van der Waals surface area contributed by atoms with E-state index in [1.807, 2.05) is 0 Å². The van der Waals surface area contributed by atoms with E-state index < -0.39 is 26.5 Å². The van der Waals surface area contributed by atoms with E-state index in [4.69, 9.17) is 24.3 Å². The van der Waals surface area contributed by atoms with Crippen molar-refractivity contribution in [2.24, 2.45) is 5.73 Å². The largest absolute Gasteiger partial charge is 0.472 e. The molecule has 0 aromatic heterocycles. The maximum Gasteiger partial charge on any atom is 0.472 e. The van der Waals surface area contributed by atoms with E-state index in [0.29, 0.717) is 6.42 Å². The van der Waals surface area contributed by atoms with E-state index in [1.54, 1.807) is 0 Å². The van der Waals surface area contributed by atoms with Crippen molar-refractivity contribution in [1.82, 2.24) is 0 Å². The molecule has 0 radical (unpaired) electrons. The lowest BCUT2D eigenvalue weighted by Gasteiger charge is -2.19. The summed E-state index contributed by atoms with van der Waals surface area (Å²) in [5.74, 6) is -0.827. The smallest absolute Gasteiger partial charge is 0.462 e. The number of unbranched alkanes of at least 4 members (excludes halogenated alkanes) is 30. The first-order valence-corrected chi connectivity index (χ1v) is 35.5. The van der Waals surface area contributed by atoms with Crippen molar-refractivity contribution in [1.29, 1.82) is 0 Å². The van der Waals surface area contributed by atoms with Crippen LogP contribution < -0.4 is 5.73 Å². The Labute approximate surface area is 511 Å². The molecule has 83 heavy (non-hydrogen) atoms. The van der Waals surface area contributed by atoms with E-state index >= 15 is 0 Å². The SMILES string of the molecule is CC/C=C\C/C=C\C/C=C\C/C=C\C/C=C\C/C=C\C/C=C\C/C=C\CCCCCCCCCCCCCCCCC(=O)OC(COC(=O)CCCCCCCCCCCCC/C=C\C/C=C\CCCCCCC)COP(=O)(O)OCCN. The van der Waals surface area contributed by atoms with Crippen LogP contribution in [0.25, 0.3) is 0 Å². The fraction of sp³-hybridized carbons (Fsp3) is 0.699. The molecule has 0 aliphatic carbocycles. The lowest BCUT2D eigenvalue weighted by atomic mass is 10.0. The Balaban J connectivity index is 3.91. The summed E-state index contributed by atoms with van der Waals surface area (Å²) in [7, 11) is -4.40. The Morgan fingerprint density at radius 3 is 0.988 bits per heavy atom. The number of hydrogen-bond acceptors (Lipinski definition) is 8. The van der Waals surface area contributed by atoms with Gasteiger partial charge in [0.25, 0.3) is 0 Å². The van der Waals surface area contributed by atoms with Crippen molar-refractivity contribution in [3.8, 4) is 0 Å². The van der Waals surface area contributed by atoms with Gasteiger partial charge in [0.15, 0.2) is 6.10 Å². The van der Waals surface area contributed by atoms with Gasteiger partial charge >= 0.3 is 19.8 Å². The molecule has 0 saturated carbocycles. The van der Waals surface area contributed by atoms with Gasteiger partial charge in [-0.3, -0.25) is 18.6 Å². The molecular weight excluding hydrogens is 1050 g/mol. The Morgan fingerprint density at radius 2 is 0.663 bits per heavy atom. The van der Waals surface area contributed by atoms with Gasteiger partial charge in [0.2, 0.25) is 0 Å². The third-order valence-electron chi connectivity index (χ3n) is 14.3. The lowest BCUT2D eigenvalue weighted by molar-refractivity contribution is -0.161. The van der Waals surface area contributed by atoms with Crippen LogP contribution in [0.5, 0.6) is 0 Å². The minimum Gasteiger partial charge on any atom is -0.462 e. The second-order valence-electron chi connectivity index (χ2n) is 22.3. The topological polar surface area (TPSA) is 134 Å². The van der Waals surface area contributed by atoms with Gasteiger partial charge in [-0.2, -0.15) is 0 Å². The predicted molar refractivity (Wildman–Crippen MR) is 358 cm³/mol. The molecule has 2 unspecified atom stereocenters. The Hall–Kier alpha value is -3.59. The first-order valence-electron chi connectivity index (χ1n) is 34.0. The molecule has 0 amide bonds. The molecule has 0 rings (SSSR count). The molecule has 0 aromatic rings. The normalized spacial score (nSPS) is 13.7. The van der Waals surface area contributed by atoms with Gasteiger partial charge in [0.05, 0.1) is 13.2 Å². The molecule has 0 bridgehead atoms. The van der Waals surface area contributed by atoms with Gasteiger partial charge in [0, 0.05) is 19.4 Å². The van der Waals surface area contributed by atoms with Crippen LogP contribution in [0, 0.1) is 0 Å². The van der Waals surface area contributed by atoms with Crippen LogP contribution in [-0.4, -0.2) is 49.3 Å². The average Bonchev–Trinajstić information content (AvgIpc) is 3.48. The average molecular weight is 1180 g/mol. The molecule has 0 spiro atoms. The monoisotopic (exact) mass is 1180 g/mol. The number of ether oxygens (including phenoxy) is 2. The number of phosphoric ester groups is 1. The molecule has 0 saturated heterocycles. The van der Waals surface area contributed by atoms with E-state index in [0.717, 1.165) is 96.3 Å². The second kappa shape index (κ2) is 67.5. The highest BCUT2D eigenvalue weighted by Gasteiger charge is 2.26. The van der Waals surface area contributed by atoms with Crippen LogP contribution in [0.15, 0.2) is 122 Å². The number of allylic oxidation sites excluding steroid dienone is 20. The molecule has 10 heteroatoms. The summed E-state index contributed by atoms with van der Waals surface area (Å²) in [4.78, 5) is 35.3. The third kappa shape index (κ3) is 67.4. The summed E-state index contributed by atoms with van der Waals surface area (Å²) in [5, 5.41) is 0. The number of hydrogen-bond donors (Lipinski definition) is 2. The summed E-state index contributed by atoms with van der Waals surface area (Å²) in [6.07, 6.45) is 94.2. The quantitative estimate of drug-likeness (QED) is 0.0264. The van der Waals surface area contributed by atoms with Gasteiger partial charge in [-0.05, 0) is 109 Å². The molecule has 0 heterocycles. The van der Waals surface area contributed by atoms with Gasteiger partial charge in [-0.15, -0.1) is 0 Å². The molecule has 3 N–H and O–H groups in total. The van der Waals surface area contributed by atoms with Gasteiger partial charge < -0.3 is 20.1 Å². The van der Waals surface area contributed by atoms with Crippen molar-refractivity contribution in [2.75, 3.05) is 26.4 Å². The number of nitrogens with two attached hydrogens (primary N) is 1. The number of esters is 2. The van der Waals surface area contributed by atoms with Crippen LogP contribution in [-0.2, 0) is 32.7 Å². The van der Waals surface area contributed by atoms with Crippen LogP contribution in [0.1, 0.15) is 296 Å². The summed E-state index contributed by atoms with van der Waals surface area (Å²) in [6.45, 7) is 3.64. The van der Waals surface area contributed by atoms with E-state index in [1.165, 1.54) is 167 Å². The van der Waals surface area contributed by atoms with Gasteiger partial charge in [-0.1, -0.05) is 296 Å². The second-order valence-corrected chi connectivity index (χ2v) is 23.8. The minimum absolute atomic E-state index is 0.0493. The van der Waals surface area contributed by atoms with Crippen LogP contribution >= 0.6 is 7.82 Å². The number of phosphoric acid groups is 1. The molecule has 0 aliphatic rings. The highest BCUT2D eigenvalue weighted by atomic mass is 31.2. The fourth-order valence-electron chi connectivity index (χ4n) is 9.33. The number of carbonyl (C=O) groups excluding carboxylic acids is 2. The summed E-state index contributed by atoms with van der Waals surface area (Å²) < 4.78 is 33.1. The Kier molecular flexibility index (Phi) is 64.6. The zero-order valence-corrected chi connectivity index (χ0v) is 54.3. The van der Waals surface area contributed by atoms with Crippen LogP contribution in [0.4, 0.5) is 0 Å². The fourth-order valence-corrected chi connectivity index (χ4v) is 10.1. The van der Waals surface area contributed by atoms with E-state index in [9.17, 15) is 19.0 Å². The lowest BCUT2D eigenvalue weighted by Crippen LogP contribution is -2.29. The van der Waals surface area contributed by atoms with Crippen LogP contribution in [0.2, 0.25) is 0 Å².